The van der Waals surface area contributed by atoms with E-state index in [1.54, 1.807) is 5.57 Å². The Balaban J connectivity index is 2.02. The second-order valence-electron chi connectivity index (χ2n) is 9.78. The maximum Gasteiger partial charge on any atom is -0.00625 e. The molecule has 2 saturated carbocycles. The molecule has 0 aromatic heterocycles. The second kappa shape index (κ2) is 5.74. The molecule has 0 aliphatic heterocycles. The van der Waals surface area contributed by atoms with E-state index >= 15 is 0 Å². The number of hydrogen-bond acceptors (Lipinski definition) is 0. The van der Waals surface area contributed by atoms with Gasteiger partial charge in [-0.3, -0.25) is 0 Å². The Labute approximate surface area is 133 Å². The highest BCUT2D eigenvalue weighted by atomic mass is 14.6. The molecule has 2 aliphatic carbocycles. The van der Waals surface area contributed by atoms with Crippen molar-refractivity contribution >= 4 is 0 Å². The second-order valence-corrected chi connectivity index (χ2v) is 9.78. The molecule has 122 valence electrons. The van der Waals surface area contributed by atoms with Crippen molar-refractivity contribution in [2.45, 2.75) is 92.9 Å². The topological polar surface area (TPSA) is 0 Å². The van der Waals surface area contributed by atoms with Gasteiger partial charge < -0.3 is 0 Å². The van der Waals surface area contributed by atoms with Crippen LogP contribution in [0.3, 0.4) is 0 Å². The highest BCUT2D eigenvalue weighted by Crippen LogP contribution is 2.66. The highest BCUT2D eigenvalue weighted by molar-refractivity contribution is 5.22. The Bertz CT molecular complexity index is 385. The van der Waals surface area contributed by atoms with E-state index in [1.807, 2.05) is 0 Å². The van der Waals surface area contributed by atoms with Gasteiger partial charge in [-0.1, -0.05) is 66.5 Å². The molecule has 0 heterocycles. The van der Waals surface area contributed by atoms with Gasteiger partial charge in [0.15, 0.2) is 0 Å². The molecule has 21 heavy (non-hydrogen) atoms. The predicted octanol–water partition coefficient (Wildman–Crippen LogP) is 7.00. The molecule has 4 atom stereocenters. The van der Waals surface area contributed by atoms with E-state index in [-0.39, 0.29) is 0 Å². The van der Waals surface area contributed by atoms with Crippen LogP contribution in [0, 0.1) is 28.1 Å². The Kier molecular flexibility index (Phi) is 4.68. The average Bonchev–Trinajstić information content (AvgIpc) is 2.62. The SMILES string of the molecule is C=C1CCC[C@]2(C)[C@@H]([C@H](C)CCCC(C)(C)C)CC[C@@]12C. The Morgan fingerprint density at radius 2 is 1.90 bits per heavy atom. The van der Waals surface area contributed by atoms with Gasteiger partial charge in [-0.05, 0) is 66.6 Å². The molecule has 0 saturated heterocycles. The summed E-state index contributed by atoms with van der Waals surface area (Å²) in [6.07, 6.45) is 11.1. The fraction of sp³-hybridized carbons (Fsp3) is 0.905. The first-order valence-electron chi connectivity index (χ1n) is 9.28. The van der Waals surface area contributed by atoms with E-state index in [1.165, 1.54) is 51.4 Å². The van der Waals surface area contributed by atoms with Crippen molar-refractivity contribution in [3.63, 3.8) is 0 Å². The van der Waals surface area contributed by atoms with Crippen LogP contribution in [0.1, 0.15) is 92.9 Å². The molecule has 0 aromatic rings. The van der Waals surface area contributed by atoms with Crippen molar-refractivity contribution in [1.29, 1.82) is 0 Å². The molecule has 0 N–H and O–H groups in total. The van der Waals surface area contributed by atoms with E-state index in [2.05, 4.69) is 48.1 Å². The molecule has 0 heteroatoms. The molecule has 0 nitrogen and oxygen atoms in total. The normalized spacial score (nSPS) is 38.4. The summed E-state index contributed by atoms with van der Waals surface area (Å²) in [5, 5.41) is 0. The third-order valence-electron chi connectivity index (χ3n) is 7.26. The van der Waals surface area contributed by atoms with E-state index in [0.29, 0.717) is 16.2 Å². The molecule has 0 amide bonds. The van der Waals surface area contributed by atoms with Crippen molar-refractivity contribution in [2.75, 3.05) is 0 Å². The fourth-order valence-electron chi connectivity index (χ4n) is 5.51. The summed E-state index contributed by atoms with van der Waals surface area (Å²) in [7, 11) is 0. The van der Waals surface area contributed by atoms with Crippen molar-refractivity contribution in [1.82, 2.24) is 0 Å². The third-order valence-corrected chi connectivity index (χ3v) is 7.26. The molecule has 0 aromatic carbocycles. The van der Waals surface area contributed by atoms with Gasteiger partial charge in [0, 0.05) is 0 Å². The number of hydrogen-bond donors (Lipinski definition) is 0. The molecule has 2 rings (SSSR count). The first kappa shape index (κ1) is 17.1. The lowest BCUT2D eigenvalue weighted by Gasteiger charge is -2.51. The number of allylic oxidation sites excluding steroid dienone is 1. The van der Waals surface area contributed by atoms with Crippen LogP contribution in [0.4, 0.5) is 0 Å². The summed E-state index contributed by atoms with van der Waals surface area (Å²) in [6, 6.07) is 0. The van der Waals surface area contributed by atoms with Crippen molar-refractivity contribution in [3.8, 4) is 0 Å². The Morgan fingerprint density at radius 1 is 1.24 bits per heavy atom. The van der Waals surface area contributed by atoms with Gasteiger partial charge in [0.05, 0.1) is 0 Å². The summed E-state index contributed by atoms with van der Waals surface area (Å²) < 4.78 is 0. The highest BCUT2D eigenvalue weighted by Gasteiger charge is 2.57. The van der Waals surface area contributed by atoms with Crippen LogP contribution in [0.2, 0.25) is 0 Å². The summed E-state index contributed by atoms with van der Waals surface area (Å²) >= 11 is 0. The van der Waals surface area contributed by atoms with Crippen LogP contribution in [0.5, 0.6) is 0 Å². The first-order chi connectivity index (χ1) is 9.60. The van der Waals surface area contributed by atoms with Crippen LogP contribution >= 0.6 is 0 Å². The quantitative estimate of drug-likeness (QED) is 0.489. The van der Waals surface area contributed by atoms with Crippen molar-refractivity contribution in [3.05, 3.63) is 12.2 Å². The van der Waals surface area contributed by atoms with E-state index in [0.717, 1.165) is 11.8 Å². The minimum absolute atomic E-state index is 0.425. The zero-order chi connectivity index (χ0) is 15.9. The largest absolute Gasteiger partial charge is 0.0993 e. The van der Waals surface area contributed by atoms with Crippen LogP contribution in [0.25, 0.3) is 0 Å². The third kappa shape index (κ3) is 3.10. The van der Waals surface area contributed by atoms with Gasteiger partial charge in [-0.2, -0.15) is 0 Å². The lowest BCUT2D eigenvalue weighted by molar-refractivity contribution is 0.0342. The Hall–Kier alpha value is -0.260. The lowest BCUT2D eigenvalue weighted by Crippen LogP contribution is -2.42. The Morgan fingerprint density at radius 3 is 2.52 bits per heavy atom. The number of rotatable bonds is 4. The summed E-state index contributed by atoms with van der Waals surface area (Å²) in [5.74, 6) is 1.80. The van der Waals surface area contributed by atoms with E-state index in [9.17, 15) is 0 Å². The van der Waals surface area contributed by atoms with Crippen LogP contribution in [0.15, 0.2) is 12.2 Å². The van der Waals surface area contributed by atoms with Crippen LogP contribution < -0.4 is 0 Å². The molecule has 0 unspecified atom stereocenters. The summed E-state index contributed by atoms with van der Waals surface area (Å²) in [5.41, 5.74) is 2.99. The van der Waals surface area contributed by atoms with Gasteiger partial charge in [0.2, 0.25) is 0 Å². The zero-order valence-corrected chi connectivity index (χ0v) is 15.5. The average molecular weight is 291 g/mol. The van der Waals surface area contributed by atoms with E-state index in [4.69, 9.17) is 0 Å². The van der Waals surface area contributed by atoms with Gasteiger partial charge in [-0.15, -0.1) is 0 Å². The monoisotopic (exact) mass is 290 g/mol. The minimum atomic E-state index is 0.425. The maximum atomic E-state index is 4.46. The van der Waals surface area contributed by atoms with Crippen molar-refractivity contribution < 1.29 is 0 Å². The molecule has 2 fully saturated rings. The standard InChI is InChI=1S/C21H38/c1-16(10-8-13-19(3,4)5)18-12-15-20(6)17(2)11-9-14-21(18,20)7/h16,18H,2,8-15H2,1,3-7H3/t16-,18-,20+,21-/m1/s1. The molecule has 2 aliphatic rings. The van der Waals surface area contributed by atoms with Gasteiger partial charge in [-0.25, -0.2) is 0 Å². The minimum Gasteiger partial charge on any atom is -0.0993 e. The molecular formula is C21H38. The summed E-state index contributed by atoms with van der Waals surface area (Å²) in [6.45, 7) is 19.2. The summed E-state index contributed by atoms with van der Waals surface area (Å²) in [4.78, 5) is 0. The van der Waals surface area contributed by atoms with Gasteiger partial charge in [0.25, 0.3) is 0 Å². The molecule has 0 bridgehead atoms. The fourth-order valence-corrected chi connectivity index (χ4v) is 5.51. The number of fused-ring (bicyclic) bond motifs is 1. The smallest absolute Gasteiger partial charge is 0.00625 e. The molecular weight excluding hydrogens is 252 g/mol. The van der Waals surface area contributed by atoms with Crippen LogP contribution in [-0.2, 0) is 0 Å². The first-order valence-corrected chi connectivity index (χ1v) is 9.28. The van der Waals surface area contributed by atoms with Gasteiger partial charge in [0.1, 0.15) is 0 Å². The zero-order valence-electron chi connectivity index (χ0n) is 15.5. The lowest BCUT2D eigenvalue weighted by atomic mass is 9.53. The van der Waals surface area contributed by atoms with Crippen molar-refractivity contribution in [2.24, 2.45) is 28.1 Å². The predicted molar refractivity (Wildman–Crippen MR) is 94.4 cm³/mol. The molecule has 0 spiro atoms. The maximum absolute atomic E-state index is 4.46. The molecule has 0 radical (unpaired) electrons. The van der Waals surface area contributed by atoms with Gasteiger partial charge >= 0.3 is 0 Å². The van der Waals surface area contributed by atoms with E-state index < -0.39 is 0 Å². The van der Waals surface area contributed by atoms with Crippen LogP contribution in [-0.4, -0.2) is 0 Å².